The lowest BCUT2D eigenvalue weighted by molar-refractivity contribution is -0.145. The number of amides is 1. The van der Waals surface area contributed by atoms with Crippen molar-refractivity contribution in [3.8, 4) is 6.07 Å². The lowest BCUT2D eigenvalue weighted by atomic mass is 10.1. The number of thiophene rings is 1. The second-order valence-electron chi connectivity index (χ2n) is 9.43. The van der Waals surface area contributed by atoms with Gasteiger partial charge < -0.3 is 20.3 Å². The fraction of sp³-hybridized carbons (Fsp3) is 0.423. The quantitative estimate of drug-likeness (QED) is 0.506. The summed E-state index contributed by atoms with van der Waals surface area (Å²) in [5.41, 5.74) is 7.60. The van der Waals surface area contributed by atoms with Gasteiger partial charge in [0.25, 0.3) is 11.5 Å². The SMILES string of the molecule is COC(=O)C1CCCN1C(=O)c1cc2nc(N3CCCC(N)C3)n(Cc3ccccc3C#N)c(=O)c2s1. The number of ether oxygens (including phenoxy) is 1. The molecule has 10 nitrogen and oxygen atoms in total. The molecule has 0 spiro atoms. The van der Waals surface area contributed by atoms with Crippen molar-refractivity contribution in [2.75, 3.05) is 31.6 Å². The van der Waals surface area contributed by atoms with Crippen molar-refractivity contribution in [2.24, 2.45) is 5.73 Å². The van der Waals surface area contributed by atoms with Gasteiger partial charge in [-0.1, -0.05) is 18.2 Å². The Hall–Kier alpha value is -3.75. The molecule has 0 aliphatic carbocycles. The van der Waals surface area contributed by atoms with Crippen molar-refractivity contribution in [2.45, 2.75) is 44.3 Å². The topological polar surface area (TPSA) is 135 Å². The molecule has 37 heavy (non-hydrogen) atoms. The Morgan fingerprint density at radius 2 is 2.03 bits per heavy atom. The molecule has 2 unspecified atom stereocenters. The first-order chi connectivity index (χ1) is 17.9. The summed E-state index contributed by atoms with van der Waals surface area (Å²) in [4.78, 5) is 48.1. The monoisotopic (exact) mass is 520 g/mol. The zero-order valence-corrected chi connectivity index (χ0v) is 21.4. The van der Waals surface area contributed by atoms with E-state index in [2.05, 4.69) is 6.07 Å². The Morgan fingerprint density at radius 3 is 2.78 bits per heavy atom. The van der Waals surface area contributed by atoms with Crippen molar-refractivity contribution in [1.82, 2.24) is 14.5 Å². The minimum Gasteiger partial charge on any atom is -0.467 e. The number of carbonyl (C=O) groups is 2. The van der Waals surface area contributed by atoms with Crippen LogP contribution in [0, 0.1) is 11.3 Å². The number of esters is 1. The Balaban J connectivity index is 1.59. The summed E-state index contributed by atoms with van der Waals surface area (Å²) in [5, 5.41) is 9.58. The number of piperidine rings is 1. The van der Waals surface area contributed by atoms with Crippen LogP contribution in [-0.4, -0.2) is 65.2 Å². The summed E-state index contributed by atoms with van der Waals surface area (Å²) in [7, 11) is 1.31. The molecule has 2 atom stereocenters. The Bertz CT molecular complexity index is 1460. The molecule has 192 valence electrons. The number of fused-ring (bicyclic) bond motifs is 1. The molecule has 2 N–H and O–H groups in total. The third-order valence-corrected chi connectivity index (χ3v) is 8.12. The van der Waals surface area contributed by atoms with E-state index in [1.807, 2.05) is 17.0 Å². The number of rotatable bonds is 5. The first kappa shape index (κ1) is 24.9. The number of hydrogen-bond acceptors (Lipinski definition) is 9. The summed E-state index contributed by atoms with van der Waals surface area (Å²) in [6, 6.07) is 10.3. The van der Waals surface area contributed by atoms with E-state index >= 15 is 0 Å². The van der Waals surface area contributed by atoms with Gasteiger partial charge in [-0.05, 0) is 43.4 Å². The van der Waals surface area contributed by atoms with Gasteiger partial charge in [0.15, 0.2) is 0 Å². The van der Waals surface area contributed by atoms with Crippen molar-refractivity contribution in [1.29, 1.82) is 5.26 Å². The normalized spacial score (nSPS) is 19.7. The summed E-state index contributed by atoms with van der Waals surface area (Å²) < 4.78 is 6.81. The van der Waals surface area contributed by atoms with Gasteiger partial charge in [-0.2, -0.15) is 5.26 Å². The van der Waals surface area contributed by atoms with Gasteiger partial charge in [-0.25, -0.2) is 9.78 Å². The molecule has 2 aliphatic heterocycles. The number of nitrogens with zero attached hydrogens (tertiary/aromatic N) is 5. The average molecular weight is 521 g/mol. The van der Waals surface area contributed by atoms with Gasteiger partial charge in [0.2, 0.25) is 5.95 Å². The molecule has 0 saturated carbocycles. The predicted octanol–water partition coefficient (Wildman–Crippen LogP) is 2.08. The Kier molecular flexibility index (Phi) is 6.95. The van der Waals surface area contributed by atoms with Crippen LogP contribution < -0.4 is 16.2 Å². The lowest BCUT2D eigenvalue weighted by Gasteiger charge is -2.33. The zero-order valence-electron chi connectivity index (χ0n) is 20.6. The molecule has 0 radical (unpaired) electrons. The molecule has 2 fully saturated rings. The van der Waals surface area contributed by atoms with Crippen molar-refractivity contribution >= 4 is 39.4 Å². The van der Waals surface area contributed by atoms with Crippen LogP contribution in [-0.2, 0) is 16.1 Å². The highest BCUT2D eigenvalue weighted by Gasteiger charge is 2.36. The smallest absolute Gasteiger partial charge is 0.328 e. The summed E-state index contributed by atoms with van der Waals surface area (Å²) in [5.74, 6) is -0.267. The number of aromatic nitrogens is 2. The molecule has 5 rings (SSSR count). The first-order valence-electron chi connectivity index (χ1n) is 12.3. The molecular formula is C26H28N6O4S. The second-order valence-corrected chi connectivity index (χ2v) is 10.5. The van der Waals surface area contributed by atoms with E-state index in [-0.39, 0.29) is 24.1 Å². The summed E-state index contributed by atoms with van der Waals surface area (Å²) in [6.07, 6.45) is 3.03. The molecule has 2 aliphatic rings. The van der Waals surface area contributed by atoms with Crippen LogP contribution in [0.4, 0.5) is 5.95 Å². The van der Waals surface area contributed by atoms with Crippen molar-refractivity contribution in [3.63, 3.8) is 0 Å². The van der Waals surface area contributed by atoms with E-state index in [1.165, 1.54) is 12.0 Å². The minimum atomic E-state index is -0.625. The van der Waals surface area contributed by atoms with Crippen LogP contribution in [0.3, 0.4) is 0 Å². The highest BCUT2D eigenvalue weighted by Crippen LogP contribution is 2.29. The fourth-order valence-corrected chi connectivity index (χ4v) is 6.15. The number of methoxy groups -OCH3 is 1. The molecule has 1 aromatic carbocycles. The molecule has 2 saturated heterocycles. The van der Waals surface area contributed by atoms with Gasteiger partial charge in [0, 0.05) is 25.7 Å². The number of benzene rings is 1. The van der Waals surface area contributed by atoms with Crippen LogP contribution in [0.15, 0.2) is 35.1 Å². The van der Waals surface area contributed by atoms with Crippen LogP contribution in [0.2, 0.25) is 0 Å². The number of anilines is 1. The fourth-order valence-electron chi connectivity index (χ4n) is 5.15. The maximum Gasteiger partial charge on any atom is 0.328 e. The molecule has 2 aromatic heterocycles. The Labute approximate surface area is 217 Å². The number of carbonyl (C=O) groups excluding carboxylic acids is 2. The van der Waals surface area contributed by atoms with Crippen LogP contribution in [0.5, 0.6) is 0 Å². The maximum atomic E-state index is 13.8. The highest BCUT2D eigenvalue weighted by atomic mass is 32.1. The lowest BCUT2D eigenvalue weighted by Crippen LogP contribution is -2.45. The largest absolute Gasteiger partial charge is 0.467 e. The highest BCUT2D eigenvalue weighted by molar-refractivity contribution is 7.20. The average Bonchev–Trinajstić information content (AvgIpc) is 3.57. The standard InChI is InChI=1S/C26H28N6O4S/c1-36-25(35)20-9-5-11-31(20)23(33)21-12-19-22(37-21)24(34)32(14-17-7-3-2-6-16(17)13-27)26(29-19)30-10-4-8-18(28)15-30/h2-3,6-7,12,18,20H,4-5,8-11,14-15,28H2,1H3. The van der Waals surface area contributed by atoms with Gasteiger partial charge in [-0.15, -0.1) is 11.3 Å². The van der Waals surface area contributed by atoms with E-state index in [1.54, 1.807) is 22.8 Å². The van der Waals surface area contributed by atoms with E-state index in [9.17, 15) is 19.6 Å². The third kappa shape index (κ3) is 4.70. The molecule has 0 bridgehead atoms. The number of likely N-dealkylation sites (tertiary alicyclic amines) is 1. The predicted molar refractivity (Wildman–Crippen MR) is 140 cm³/mol. The number of nitrogens with two attached hydrogens (primary N) is 1. The van der Waals surface area contributed by atoms with E-state index in [4.69, 9.17) is 15.5 Å². The molecule has 4 heterocycles. The van der Waals surface area contributed by atoms with Gasteiger partial charge in [-0.3, -0.25) is 14.2 Å². The third-order valence-electron chi connectivity index (χ3n) is 7.02. The number of hydrogen-bond donors (Lipinski definition) is 1. The minimum absolute atomic E-state index is 0.0359. The van der Waals surface area contributed by atoms with Crippen LogP contribution in [0.25, 0.3) is 10.2 Å². The molecular weight excluding hydrogens is 492 g/mol. The Morgan fingerprint density at radius 1 is 1.24 bits per heavy atom. The summed E-state index contributed by atoms with van der Waals surface area (Å²) >= 11 is 1.08. The van der Waals surface area contributed by atoms with Crippen LogP contribution in [0.1, 0.15) is 46.5 Å². The van der Waals surface area contributed by atoms with E-state index in [0.29, 0.717) is 64.6 Å². The number of nitriles is 1. The summed E-state index contributed by atoms with van der Waals surface area (Å²) in [6.45, 7) is 1.88. The van der Waals surface area contributed by atoms with Gasteiger partial charge >= 0.3 is 5.97 Å². The van der Waals surface area contributed by atoms with Crippen molar-refractivity contribution in [3.05, 3.63) is 56.7 Å². The van der Waals surface area contributed by atoms with Crippen LogP contribution >= 0.6 is 11.3 Å². The second kappa shape index (κ2) is 10.3. The van der Waals surface area contributed by atoms with Gasteiger partial charge in [0.1, 0.15) is 10.7 Å². The molecule has 1 amide bonds. The maximum absolute atomic E-state index is 13.8. The first-order valence-corrected chi connectivity index (χ1v) is 13.1. The zero-order chi connectivity index (χ0) is 26.1. The van der Waals surface area contributed by atoms with E-state index in [0.717, 1.165) is 24.2 Å². The molecule has 3 aromatic rings. The van der Waals surface area contributed by atoms with Gasteiger partial charge in [0.05, 0.1) is 35.7 Å². The van der Waals surface area contributed by atoms with E-state index < -0.39 is 12.0 Å². The van der Waals surface area contributed by atoms with Crippen molar-refractivity contribution < 1.29 is 14.3 Å². The molecule has 11 heteroatoms.